The number of dihydropyridines is 1. The van der Waals surface area contributed by atoms with Crippen LogP contribution in [0.2, 0.25) is 0 Å². The van der Waals surface area contributed by atoms with Crippen LogP contribution in [0.1, 0.15) is 5.69 Å². The number of carbonyl (C=O) groups excluding carboxylic acids is 2. The first-order valence-electron chi connectivity index (χ1n) is 7.19. The molecule has 0 bridgehead atoms. The van der Waals surface area contributed by atoms with Gasteiger partial charge in [0.15, 0.2) is 5.76 Å². The molecule has 0 N–H and O–H groups in total. The van der Waals surface area contributed by atoms with E-state index < -0.39 is 11.9 Å². The molecule has 2 aromatic rings. The highest BCUT2D eigenvalue weighted by Gasteiger charge is 2.19. The topological polar surface area (TPSA) is 91.0 Å². The summed E-state index contributed by atoms with van der Waals surface area (Å²) < 4.78 is 15.5. The molecule has 0 fully saturated rings. The van der Waals surface area contributed by atoms with Gasteiger partial charge >= 0.3 is 5.97 Å². The van der Waals surface area contributed by atoms with Crippen LogP contribution in [0, 0.1) is 5.92 Å². The number of methoxy groups -OCH3 is 1. The van der Waals surface area contributed by atoms with E-state index in [-0.39, 0.29) is 12.5 Å². The zero-order valence-corrected chi connectivity index (χ0v) is 12.8. The Hall–Kier alpha value is -3.22. The second kappa shape index (κ2) is 6.91. The molecule has 3 rings (SSSR count). The van der Waals surface area contributed by atoms with Gasteiger partial charge in [0, 0.05) is 23.9 Å². The number of hydrogen-bond donors (Lipinski definition) is 0. The van der Waals surface area contributed by atoms with Crippen molar-refractivity contribution in [3.8, 4) is 17.1 Å². The first kappa shape index (κ1) is 15.7. The minimum atomic E-state index is -0.657. The molecule has 0 saturated carbocycles. The molecule has 7 heteroatoms. The highest BCUT2D eigenvalue weighted by molar-refractivity contribution is 6.03. The number of rotatable bonds is 5. The van der Waals surface area contributed by atoms with Crippen LogP contribution in [0.25, 0.3) is 11.3 Å². The van der Waals surface area contributed by atoms with Gasteiger partial charge in [-0.05, 0) is 24.3 Å². The van der Waals surface area contributed by atoms with Gasteiger partial charge in [0.2, 0.25) is 0 Å². The zero-order valence-electron chi connectivity index (χ0n) is 12.8. The first-order valence-corrected chi connectivity index (χ1v) is 7.19. The van der Waals surface area contributed by atoms with Gasteiger partial charge in [-0.25, -0.2) is 4.99 Å². The Bertz CT molecular complexity index is 789. The number of aromatic nitrogens is 1. The summed E-state index contributed by atoms with van der Waals surface area (Å²) in [7, 11) is 1.60. The highest BCUT2D eigenvalue weighted by Crippen LogP contribution is 2.23. The Balaban J connectivity index is 1.59. The molecular formula is C17H14N2O5. The van der Waals surface area contributed by atoms with Gasteiger partial charge in [0.05, 0.1) is 7.11 Å². The van der Waals surface area contributed by atoms with E-state index >= 15 is 0 Å². The predicted octanol–water partition coefficient (Wildman–Crippen LogP) is 2.18. The smallest absolute Gasteiger partial charge is 0.318 e. The Kier molecular flexibility index (Phi) is 4.51. The fourth-order valence-electron chi connectivity index (χ4n) is 2.08. The number of esters is 1. The van der Waals surface area contributed by atoms with E-state index in [4.69, 9.17) is 14.0 Å². The zero-order chi connectivity index (χ0) is 16.9. The Labute approximate surface area is 137 Å². The van der Waals surface area contributed by atoms with Crippen molar-refractivity contribution in [1.82, 2.24) is 5.16 Å². The maximum Gasteiger partial charge on any atom is 0.318 e. The van der Waals surface area contributed by atoms with Gasteiger partial charge in [-0.3, -0.25) is 9.59 Å². The van der Waals surface area contributed by atoms with Crippen LogP contribution in [0.4, 0.5) is 0 Å². The SMILES string of the molecule is COc1ccc(-c2cc(COC(=O)C3C=CC(=O)N=C3)no2)cc1. The first-order chi connectivity index (χ1) is 11.7. The summed E-state index contributed by atoms with van der Waals surface area (Å²) in [4.78, 5) is 26.3. The second-order valence-corrected chi connectivity index (χ2v) is 5.02. The lowest BCUT2D eigenvalue weighted by Crippen LogP contribution is -2.19. The molecule has 1 atom stereocenters. The molecule has 0 saturated heterocycles. The van der Waals surface area contributed by atoms with Crippen molar-refractivity contribution in [2.24, 2.45) is 10.9 Å². The summed E-state index contributed by atoms with van der Waals surface area (Å²) in [6.07, 6.45) is 3.95. The fourth-order valence-corrected chi connectivity index (χ4v) is 2.08. The van der Waals surface area contributed by atoms with Crippen molar-refractivity contribution in [2.45, 2.75) is 6.61 Å². The summed E-state index contributed by atoms with van der Waals surface area (Å²) in [5.74, 6) is -0.242. The standard InChI is InChI=1S/C17H14N2O5/c1-22-14-5-2-11(3-6-14)15-8-13(19-24-15)10-23-17(21)12-4-7-16(20)18-9-12/h2-9,12H,10H2,1H3. The molecule has 0 spiro atoms. The third-order valence-corrected chi connectivity index (χ3v) is 3.38. The van der Waals surface area contributed by atoms with Crippen LogP contribution >= 0.6 is 0 Å². The van der Waals surface area contributed by atoms with Crippen LogP contribution < -0.4 is 4.74 Å². The van der Waals surface area contributed by atoms with E-state index in [9.17, 15) is 9.59 Å². The minimum absolute atomic E-state index is 0.0232. The summed E-state index contributed by atoms with van der Waals surface area (Å²) >= 11 is 0. The molecule has 1 amide bonds. The van der Waals surface area contributed by atoms with E-state index in [2.05, 4.69) is 10.1 Å². The lowest BCUT2D eigenvalue weighted by atomic mass is 10.1. The maximum atomic E-state index is 11.9. The summed E-state index contributed by atoms with van der Waals surface area (Å²) in [6.45, 7) is -0.0232. The largest absolute Gasteiger partial charge is 0.497 e. The molecule has 1 aliphatic heterocycles. The number of amides is 1. The van der Waals surface area contributed by atoms with Gasteiger partial charge in [0.1, 0.15) is 24.0 Å². The van der Waals surface area contributed by atoms with Gasteiger partial charge in [-0.1, -0.05) is 11.2 Å². The molecule has 1 unspecified atom stereocenters. The molecule has 0 aliphatic carbocycles. The van der Waals surface area contributed by atoms with Crippen LogP contribution in [0.3, 0.4) is 0 Å². The maximum absolute atomic E-state index is 11.9. The van der Waals surface area contributed by atoms with Crippen molar-refractivity contribution >= 4 is 18.1 Å². The predicted molar refractivity (Wildman–Crippen MR) is 84.4 cm³/mol. The van der Waals surface area contributed by atoms with Crippen LogP contribution in [-0.4, -0.2) is 30.4 Å². The molecular weight excluding hydrogens is 312 g/mol. The van der Waals surface area contributed by atoms with Gasteiger partial charge in [0.25, 0.3) is 5.91 Å². The van der Waals surface area contributed by atoms with Crippen molar-refractivity contribution < 1.29 is 23.6 Å². The monoisotopic (exact) mass is 326 g/mol. The van der Waals surface area contributed by atoms with Crippen molar-refractivity contribution in [2.75, 3.05) is 7.11 Å². The van der Waals surface area contributed by atoms with Gasteiger partial charge in [-0.2, -0.15) is 0 Å². The van der Waals surface area contributed by atoms with Crippen LogP contribution in [-0.2, 0) is 20.9 Å². The van der Waals surface area contributed by atoms with Crippen molar-refractivity contribution in [1.29, 1.82) is 0 Å². The van der Waals surface area contributed by atoms with E-state index in [1.165, 1.54) is 18.4 Å². The van der Waals surface area contributed by atoms with Crippen LogP contribution in [0.5, 0.6) is 5.75 Å². The van der Waals surface area contributed by atoms with E-state index in [0.717, 1.165) is 11.3 Å². The molecule has 1 aliphatic rings. The molecule has 2 heterocycles. The number of carbonyl (C=O) groups is 2. The molecule has 0 radical (unpaired) electrons. The molecule has 24 heavy (non-hydrogen) atoms. The lowest BCUT2D eigenvalue weighted by molar-refractivity contribution is -0.146. The third kappa shape index (κ3) is 3.57. The third-order valence-electron chi connectivity index (χ3n) is 3.38. The number of benzene rings is 1. The number of ether oxygens (including phenoxy) is 2. The summed E-state index contributed by atoms with van der Waals surface area (Å²) in [5.41, 5.74) is 1.32. The van der Waals surface area contributed by atoms with Gasteiger partial charge < -0.3 is 14.0 Å². The molecule has 122 valence electrons. The fraction of sp³-hybridized carbons (Fsp3) is 0.176. The van der Waals surface area contributed by atoms with E-state index in [0.29, 0.717) is 11.5 Å². The van der Waals surface area contributed by atoms with Gasteiger partial charge in [-0.15, -0.1) is 0 Å². The minimum Gasteiger partial charge on any atom is -0.497 e. The number of aliphatic imine (C=N–C) groups is 1. The molecule has 1 aromatic carbocycles. The highest BCUT2D eigenvalue weighted by atomic mass is 16.5. The average Bonchev–Trinajstić information content (AvgIpc) is 3.09. The number of nitrogens with zero attached hydrogens (tertiary/aromatic N) is 2. The van der Waals surface area contributed by atoms with Crippen molar-refractivity contribution in [3.63, 3.8) is 0 Å². The summed E-state index contributed by atoms with van der Waals surface area (Å²) in [5, 5.41) is 3.88. The van der Waals surface area contributed by atoms with Crippen molar-refractivity contribution in [3.05, 3.63) is 48.2 Å². The lowest BCUT2D eigenvalue weighted by Gasteiger charge is -2.08. The summed E-state index contributed by atoms with van der Waals surface area (Å²) in [6, 6.07) is 9.01. The average molecular weight is 326 g/mol. The molecule has 1 aromatic heterocycles. The normalized spacial score (nSPS) is 16.2. The Morgan fingerprint density at radius 3 is 2.75 bits per heavy atom. The Morgan fingerprint density at radius 2 is 2.08 bits per heavy atom. The quantitative estimate of drug-likeness (QED) is 0.782. The Morgan fingerprint density at radius 1 is 1.29 bits per heavy atom. The van der Waals surface area contributed by atoms with Crippen LogP contribution in [0.15, 0.2) is 52.0 Å². The van der Waals surface area contributed by atoms with E-state index in [1.807, 2.05) is 24.3 Å². The molecule has 7 nitrogen and oxygen atoms in total. The number of hydrogen-bond acceptors (Lipinski definition) is 6. The van der Waals surface area contributed by atoms with E-state index in [1.54, 1.807) is 13.2 Å². The second-order valence-electron chi connectivity index (χ2n) is 5.02.